The zero-order valence-corrected chi connectivity index (χ0v) is 48.8. The van der Waals surface area contributed by atoms with Crippen LogP contribution in [0.15, 0.2) is 24.3 Å². The molecule has 8 aliphatic rings. The third kappa shape index (κ3) is 11.1. The Morgan fingerprint density at radius 3 is 1.59 bits per heavy atom. The number of sulfonamides is 2. The highest BCUT2D eigenvalue weighted by Crippen LogP contribution is 2.71. The molecule has 0 radical (unpaired) electrons. The summed E-state index contributed by atoms with van der Waals surface area (Å²) in [5.74, 6) is 6.33. The number of aliphatic hydroxyl groups excluding tert-OH is 3. The number of hydrogen-bond acceptors (Lipinski definition) is 10. The quantitative estimate of drug-likeness (QED) is 0.105. The summed E-state index contributed by atoms with van der Waals surface area (Å²) in [5.41, 5.74) is 1.60. The standard InChI is InChI=1S/C35H55NO6S.C25H45NO4S/c1-7-27-31-20-26(42-23(3)37)14-17-35(31,5)30-15-18-34(4)28(12-13-29(34)32(30)33(27)38)22(2)16-19-43(39,40)36-21-24-8-10-25(41-6)11-9-24;1-5-17-21-14-16(27)8-11-25(21,4)20-9-12-24(3)18(15(2)10-13-31(26,29)30)6-7-19(24)22(20)23(17)28/h8-11,22,26-33,36,38H,7,12-21H2,1-6H3;15-23,27-28H,5-14H2,1-4H3,(H2,26,29,30)/t22-,26-,27-,28-,29+,30+,31+,32+,33-,34-,35-;15-,16-,17-,18-,19+,20+,21+,22+,23-,24-,25-/m11/s1. The first-order valence-corrected chi connectivity index (χ1v) is 32.9. The third-order valence-electron chi connectivity index (χ3n) is 24.0. The molecule has 6 N–H and O–H groups in total. The molecule has 0 saturated heterocycles. The molecule has 1 aromatic rings. The van der Waals surface area contributed by atoms with Gasteiger partial charge in [0.2, 0.25) is 20.0 Å². The summed E-state index contributed by atoms with van der Waals surface area (Å²) >= 11 is 0. The molecule has 12 nitrogen and oxygen atoms in total. The van der Waals surface area contributed by atoms with Gasteiger partial charge in [-0.3, -0.25) is 4.79 Å². The zero-order chi connectivity index (χ0) is 53.9. The predicted octanol–water partition coefficient (Wildman–Crippen LogP) is 10.3. The van der Waals surface area contributed by atoms with Gasteiger partial charge in [0.25, 0.3) is 0 Å². The van der Waals surface area contributed by atoms with Gasteiger partial charge < -0.3 is 24.8 Å². The van der Waals surface area contributed by atoms with Crippen molar-refractivity contribution in [3.05, 3.63) is 29.8 Å². The van der Waals surface area contributed by atoms with E-state index in [1.807, 2.05) is 24.3 Å². The average molecular weight is 1070 g/mol. The van der Waals surface area contributed by atoms with Gasteiger partial charge in [0.1, 0.15) is 11.9 Å². The Morgan fingerprint density at radius 1 is 0.662 bits per heavy atom. The highest BCUT2D eigenvalue weighted by Gasteiger charge is 2.67. The molecule has 74 heavy (non-hydrogen) atoms. The Hall–Kier alpha value is -1.81. The molecule has 0 heterocycles. The molecule has 0 spiro atoms. The van der Waals surface area contributed by atoms with Crippen LogP contribution in [0.3, 0.4) is 0 Å². The number of nitrogens with one attached hydrogen (secondary N) is 1. The van der Waals surface area contributed by atoms with Gasteiger partial charge in [0.15, 0.2) is 0 Å². The van der Waals surface area contributed by atoms with Crippen molar-refractivity contribution >= 4 is 26.0 Å². The zero-order valence-electron chi connectivity index (χ0n) is 47.1. The van der Waals surface area contributed by atoms with E-state index in [2.05, 4.69) is 60.1 Å². The molecule has 8 fully saturated rings. The number of primary sulfonamides is 1. The highest BCUT2D eigenvalue weighted by atomic mass is 32.2. The number of hydrogen-bond donors (Lipinski definition) is 5. The number of ether oxygens (including phenoxy) is 2. The van der Waals surface area contributed by atoms with E-state index in [9.17, 15) is 36.9 Å². The van der Waals surface area contributed by atoms with Crippen LogP contribution in [0.2, 0.25) is 0 Å². The van der Waals surface area contributed by atoms with E-state index in [-0.39, 0.29) is 81.9 Å². The molecular formula is C60H100N2O10S2. The lowest BCUT2D eigenvalue weighted by atomic mass is 9.41. The minimum absolute atomic E-state index is 0.0269. The Morgan fingerprint density at radius 2 is 1.12 bits per heavy atom. The lowest BCUT2D eigenvalue weighted by molar-refractivity contribution is -0.207. The van der Waals surface area contributed by atoms with Crippen LogP contribution < -0.4 is 14.6 Å². The predicted molar refractivity (Wildman–Crippen MR) is 292 cm³/mol. The Balaban J connectivity index is 0.000000208. The molecule has 1 aromatic carbocycles. The van der Waals surface area contributed by atoms with Crippen molar-refractivity contribution in [3.8, 4) is 5.75 Å². The van der Waals surface area contributed by atoms with Gasteiger partial charge in [0.05, 0.1) is 36.9 Å². The van der Waals surface area contributed by atoms with Crippen molar-refractivity contribution in [3.63, 3.8) is 0 Å². The first-order valence-electron chi connectivity index (χ1n) is 29.6. The summed E-state index contributed by atoms with van der Waals surface area (Å²) in [7, 11) is -5.20. The molecule has 0 aromatic heterocycles. The summed E-state index contributed by atoms with van der Waals surface area (Å²) in [5, 5.41) is 39.5. The normalized spacial score (nSPS) is 44.4. The van der Waals surface area contributed by atoms with E-state index >= 15 is 0 Å². The highest BCUT2D eigenvalue weighted by molar-refractivity contribution is 7.89. The minimum Gasteiger partial charge on any atom is -0.497 e. The molecular weight excluding hydrogens is 973 g/mol. The maximum absolute atomic E-state index is 13.0. The number of aliphatic hydroxyl groups is 3. The minimum atomic E-state index is -3.42. The summed E-state index contributed by atoms with van der Waals surface area (Å²) < 4.78 is 62.7. The maximum atomic E-state index is 13.0. The van der Waals surface area contributed by atoms with Crippen LogP contribution in [0.1, 0.15) is 183 Å². The van der Waals surface area contributed by atoms with Crippen molar-refractivity contribution in [2.75, 3.05) is 18.6 Å². The van der Waals surface area contributed by atoms with Crippen LogP contribution in [-0.4, -0.2) is 81.2 Å². The van der Waals surface area contributed by atoms with Crippen molar-refractivity contribution in [2.24, 2.45) is 110 Å². The number of fused-ring (bicyclic) bond motifs is 10. The molecule has 0 amide bonds. The summed E-state index contributed by atoms with van der Waals surface area (Å²) in [4.78, 5) is 11.7. The van der Waals surface area contributed by atoms with Gasteiger partial charge >= 0.3 is 5.97 Å². The molecule has 0 bridgehead atoms. The Bertz CT molecular complexity index is 2320. The molecule has 422 valence electrons. The molecule has 14 heteroatoms. The van der Waals surface area contributed by atoms with Crippen LogP contribution in [-0.2, 0) is 36.1 Å². The summed E-state index contributed by atoms with van der Waals surface area (Å²) in [6.07, 6.45) is 17.2. The van der Waals surface area contributed by atoms with E-state index < -0.39 is 20.0 Å². The van der Waals surface area contributed by atoms with E-state index in [0.29, 0.717) is 83.9 Å². The van der Waals surface area contributed by atoms with Gasteiger partial charge in [-0.1, -0.05) is 80.4 Å². The Labute approximate surface area is 447 Å². The van der Waals surface area contributed by atoms with Crippen LogP contribution in [0, 0.1) is 105 Å². The van der Waals surface area contributed by atoms with E-state index in [1.54, 1.807) is 7.11 Å². The van der Waals surface area contributed by atoms with E-state index in [4.69, 9.17) is 14.6 Å². The van der Waals surface area contributed by atoms with E-state index in [1.165, 1.54) is 13.3 Å². The number of nitrogens with two attached hydrogens (primary N) is 1. The molecule has 9 rings (SSSR count). The SMILES string of the molecule is CC[C@H]1[C@@H](O)[C@@H]2[C@H](CC[C@]3(C)[C@@H]([C@H](C)CCS(=O)(=O)NCc4ccc(OC)cc4)CC[C@@H]23)[C@@]2(C)CC[C@@H](OC(C)=O)C[C@@H]12.CC[C@H]1[C@@H](O)[C@@H]2[C@H](CC[C@]3(C)[C@@H]([C@H](C)CCS(N)(=O)=O)CC[C@@H]23)[C@@]2(C)CC[C@@H](O)C[C@@H]12. The van der Waals surface area contributed by atoms with Crippen molar-refractivity contribution < 1.29 is 46.4 Å². The Kier molecular flexibility index (Phi) is 17.6. The average Bonchev–Trinajstić information content (AvgIpc) is 3.90. The van der Waals surface area contributed by atoms with Gasteiger partial charge in [-0.15, -0.1) is 0 Å². The second-order valence-corrected chi connectivity index (χ2v) is 30.9. The van der Waals surface area contributed by atoms with E-state index in [0.717, 1.165) is 108 Å². The van der Waals surface area contributed by atoms with Crippen molar-refractivity contribution in [1.29, 1.82) is 0 Å². The smallest absolute Gasteiger partial charge is 0.302 e. The molecule has 8 aliphatic carbocycles. The first kappa shape index (κ1) is 58.3. The van der Waals surface area contributed by atoms with Crippen LogP contribution in [0.25, 0.3) is 0 Å². The monoisotopic (exact) mass is 1070 g/mol. The lowest BCUT2D eigenvalue weighted by Crippen LogP contribution is -2.62. The number of carbonyl (C=O) groups is 1. The molecule has 8 saturated carbocycles. The molecule has 0 aliphatic heterocycles. The first-order chi connectivity index (χ1) is 34.7. The lowest BCUT2D eigenvalue weighted by Gasteiger charge is -2.64. The topological polar surface area (TPSA) is 203 Å². The molecule has 22 atom stereocenters. The summed E-state index contributed by atoms with van der Waals surface area (Å²) in [6.45, 7) is 20.5. The molecule has 0 unspecified atom stereocenters. The fraction of sp³-hybridized carbons (Fsp3) is 0.883. The van der Waals surface area contributed by atoms with Crippen molar-refractivity contribution in [1.82, 2.24) is 4.72 Å². The van der Waals surface area contributed by atoms with Gasteiger partial charge in [-0.25, -0.2) is 26.7 Å². The summed E-state index contributed by atoms with van der Waals surface area (Å²) in [6, 6.07) is 7.46. The van der Waals surface area contributed by atoms with Crippen LogP contribution >= 0.6 is 0 Å². The van der Waals surface area contributed by atoms with Crippen LogP contribution in [0.5, 0.6) is 5.75 Å². The third-order valence-corrected chi connectivity index (χ3v) is 26.1. The number of rotatable bonds is 15. The van der Waals surface area contributed by atoms with Gasteiger partial charge in [-0.05, 0) is 225 Å². The number of benzene rings is 1. The van der Waals surface area contributed by atoms with Gasteiger partial charge in [0, 0.05) is 13.5 Å². The number of methoxy groups -OCH3 is 1. The second-order valence-electron chi connectivity index (χ2n) is 27.2. The number of carbonyl (C=O) groups excluding carboxylic acids is 1. The van der Waals surface area contributed by atoms with Crippen LogP contribution in [0.4, 0.5) is 0 Å². The fourth-order valence-corrected chi connectivity index (χ4v) is 22.2. The van der Waals surface area contributed by atoms with Crippen molar-refractivity contribution in [2.45, 2.75) is 209 Å². The van der Waals surface area contributed by atoms with Gasteiger partial charge in [-0.2, -0.15) is 0 Å². The maximum Gasteiger partial charge on any atom is 0.302 e. The largest absolute Gasteiger partial charge is 0.497 e. The number of esters is 1. The second kappa shape index (κ2) is 22.4. The fourth-order valence-electron chi connectivity index (χ4n) is 20.3.